The van der Waals surface area contributed by atoms with Crippen LogP contribution in [0.25, 0.3) is 0 Å². The van der Waals surface area contributed by atoms with E-state index in [0.29, 0.717) is 34.2 Å². The highest BCUT2D eigenvalue weighted by Gasteiger charge is 2.17. The molecule has 0 radical (unpaired) electrons. The SMILES string of the molecule is COc1cc(NC(=O)c2ccccc2)c(OC)cc1NC(=O)COc1c(C)cc(Br)cc1C. The number of hydrogen-bond donors (Lipinski definition) is 2. The molecular formula is C25H25BrN2O5. The van der Waals surface area contributed by atoms with Crippen LogP contribution < -0.4 is 24.8 Å². The maximum Gasteiger partial charge on any atom is 0.262 e. The summed E-state index contributed by atoms with van der Waals surface area (Å²) in [7, 11) is 2.96. The molecule has 2 N–H and O–H groups in total. The summed E-state index contributed by atoms with van der Waals surface area (Å²) in [4.78, 5) is 25.1. The predicted octanol–water partition coefficient (Wildman–Crippen LogP) is 5.35. The van der Waals surface area contributed by atoms with E-state index in [0.717, 1.165) is 15.6 Å². The van der Waals surface area contributed by atoms with Crippen LogP contribution in [0.3, 0.4) is 0 Å². The van der Waals surface area contributed by atoms with E-state index in [1.165, 1.54) is 14.2 Å². The van der Waals surface area contributed by atoms with E-state index in [1.807, 2.05) is 32.0 Å². The topological polar surface area (TPSA) is 85.9 Å². The first-order valence-electron chi connectivity index (χ1n) is 10.1. The van der Waals surface area contributed by atoms with Crippen molar-refractivity contribution in [2.24, 2.45) is 0 Å². The van der Waals surface area contributed by atoms with Crippen LogP contribution in [0.15, 0.2) is 59.1 Å². The molecule has 0 bridgehead atoms. The van der Waals surface area contributed by atoms with Gasteiger partial charge in [-0.2, -0.15) is 0 Å². The van der Waals surface area contributed by atoms with Crippen molar-refractivity contribution in [1.29, 1.82) is 0 Å². The molecule has 0 spiro atoms. The lowest BCUT2D eigenvalue weighted by Crippen LogP contribution is -2.21. The molecule has 0 unspecified atom stereocenters. The first-order chi connectivity index (χ1) is 15.8. The number of rotatable bonds is 8. The Hall–Kier alpha value is -3.52. The molecule has 7 nitrogen and oxygen atoms in total. The van der Waals surface area contributed by atoms with Gasteiger partial charge in [0, 0.05) is 22.2 Å². The van der Waals surface area contributed by atoms with Gasteiger partial charge in [0.1, 0.15) is 17.2 Å². The highest BCUT2D eigenvalue weighted by molar-refractivity contribution is 9.10. The number of methoxy groups -OCH3 is 2. The van der Waals surface area contributed by atoms with Gasteiger partial charge in [0.25, 0.3) is 11.8 Å². The second-order valence-electron chi connectivity index (χ2n) is 7.28. The fourth-order valence-corrected chi connectivity index (χ4v) is 4.01. The molecule has 0 saturated carbocycles. The summed E-state index contributed by atoms with van der Waals surface area (Å²) >= 11 is 3.45. The molecule has 3 aromatic rings. The fourth-order valence-electron chi connectivity index (χ4n) is 3.33. The summed E-state index contributed by atoms with van der Waals surface area (Å²) in [6, 6.07) is 15.9. The number of carbonyl (C=O) groups excluding carboxylic acids is 2. The van der Waals surface area contributed by atoms with Gasteiger partial charge >= 0.3 is 0 Å². The average molecular weight is 513 g/mol. The molecule has 0 aliphatic rings. The number of anilines is 2. The van der Waals surface area contributed by atoms with Gasteiger partial charge in [0.2, 0.25) is 0 Å². The highest BCUT2D eigenvalue weighted by atomic mass is 79.9. The number of benzene rings is 3. The van der Waals surface area contributed by atoms with Crippen LogP contribution in [0.2, 0.25) is 0 Å². The van der Waals surface area contributed by atoms with Crippen molar-refractivity contribution in [3.05, 3.63) is 75.8 Å². The van der Waals surface area contributed by atoms with Crippen molar-refractivity contribution < 1.29 is 23.8 Å². The molecule has 2 amide bonds. The van der Waals surface area contributed by atoms with E-state index in [9.17, 15) is 9.59 Å². The summed E-state index contributed by atoms with van der Waals surface area (Å²) in [5, 5.41) is 5.59. The van der Waals surface area contributed by atoms with Crippen molar-refractivity contribution in [1.82, 2.24) is 0 Å². The largest absolute Gasteiger partial charge is 0.494 e. The first-order valence-corrected chi connectivity index (χ1v) is 10.9. The lowest BCUT2D eigenvalue weighted by molar-refractivity contribution is -0.118. The van der Waals surface area contributed by atoms with Crippen LogP contribution in [0.5, 0.6) is 17.2 Å². The molecular weight excluding hydrogens is 488 g/mol. The normalized spacial score (nSPS) is 10.3. The third-order valence-corrected chi connectivity index (χ3v) is 5.31. The van der Waals surface area contributed by atoms with Gasteiger partial charge in [-0.1, -0.05) is 34.1 Å². The molecule has 0 aliphatic carbocycles. The van der Waals surface area contributed by atoms with E-state index >= 15 is 0 Å². The second-order valence-corrected chi connectivity index (χ2v) is 8.19. The van der Waals surface area contributed by atoms with Crippen LogP contribution in [-0.2, 0) is 4.79 Å². The van der Waals surface area contributed by atoms with Gasteiger partial charge in [0.05, 0.1) is 25.6 Å². The average Bonchev–Trinajstić information content (AvgIpc) is 2.79. The van der Waals surface area contributed by atoms with E-state index in [2.05, 4.69) is 26.6 Å². The third kappa shape index (κ3) is 6.04. The fraction of sp³-hybridized carbons (Fsp3) is 0.200. The number of carbonyl (C=O) groups is 2. The summed E-state index contributed by atoms with van der Waals surface area (Å²) in [5.74, 6) is 0.746. The van der Waals surface area contributed by atoms with E-state index in [-0.39, 0.29) is 18.4 Å². The van der Waals surface area contributed by atoms with Crippen molar-refractivity contribution in [3.8, 4) is 17.2 Å². The number of halogens is 1. The molecule has 0 aromatic heterocycles. The zero-order chi connectivity index (χ0) is 24.0. The number of amides is 2. The van der Waals surface area contributed by atoms with E-state index in [4.69, 9.17) is 14.2 Å². The molecule has 0 aliphatic heterocycles. The van der Waals surface area contributed by atoms with E-state index in [1.54, 1.807) is 36.4 Å². The minimum atomic E-state index is -0.363. The summed E-state index contributed by atoms with van der Waals surface area (Å²) in [6.07, 6.45) is 0. The van der Waals surface area contributed by atoms with Gasteiger partial charge in [-0.15, -0.1) is 0 Å². The van der Waals surface area contributed by atoms with Crippen LogP contribution in [0.4, 0.5) is 11.4 Å². The Morgan fingerprint density at radius 1 is 0.848 bits per heavy atom. The number of hydrogen-bond acceptors (Lipinski definition) is 5. The highest BCUT2D eigenvalue weighted by Crippen LogP contribution is 2.37. The monoisotopic (exact) mass is 512 g/mol. The molecule has 3 aromatic carbocycles. The van der Waals surface area contributed by atoms with Gasteiger partial charge in [-0.05, 0) is 49.2 Å². The van der Waals surface area contributed by atoms with Gasteiger partial charge < -0.3 is 24.8 Å². The molecule has 0 heterocycles. The summed E-state index contributed by atoms with van der Waals surface area (Å²) < 4.78 is 17.5. The van der Waals surface area contributed by atoms with Crippen molar-refractivity contribution in [3.63, 3.8) is 0 Å². The Bertz CT molecular complexity index is 1140. The van der Waals surface area contributed by atoms with E-state index < -0.39 is 0 Å². The molecule has 0 fully saturated rings. The maximum absolute atomic E-state index is 12.6. The maximum atomic E-state index is 12.6. The van der Waals surface area contributed by atoms with Gasteiger partial charge in [-0.3, -0.25) is 9.59 Å². The predicted molar refractivity (Wildman–Crippen MR) is 132 cm³/mol. The van der Waals surface area contributed by atoms with Crippen molar-refractivity contribution in [2.75, 3.05) is 31.5 Å². The Labute approximate surface area is 201 Å². The van der Waals surface area contributed by atoms with Gasteiger partial charge in [-0.25, -0.2) is 0 Å². The summed E-state index contributed by atoms with van der Waals surface area (Å²) in [5.41, 5.74) is 3.16. The van der Waals surface area contributed by atoms with Crippen LogP contribution >= 0.6 is 15.9 Å². The van der Waals surface area contributed by atoms with Crippen molar-refractivity contribution in [2.45, 2.75) is 13.8 Å². The molecule has 33 heavy (non-hydrogen) atoms. The Morgan fingerprint density at radius 2 is 1.39 bits per heavy atom. The second kappa shape index (κ2) is 10.9. The number of nitrogens with one attached hydrogen (secondary N) is 2. The molecule has 3 rings (SSSR count). The Morgan fingerprint density at radius 3 is 1.94 bits per heavy atom. The van der Waals surface area contributed by atoms with Gasteiger partial charge in [0.15, 0.2) is 6.61 Å². The van der Waals surface area contributed by atoms with Crippen LogP contribution in [0.1, 0.15) is 21.5 Å². The standard InChI is InChI=1S/C25H25BrN2O5/c1-15-10-18(26)11-16(2)24(15)33-14-23(29)27-19-12-22(32-4)20(13-21(19)31-3)28-25(30)17-8-6-5-7-9-17/h5-13H,14H2,1-4H3,(H,27,29)(H,28,30). The molecule has 8 heteroatoms. The number of aryl methyl sites for hydroxylation is 2. The Kier molecular flexibility index (Phi) is 7.95. The quantitative estimate of drug-likeness (QED) is 0.424. The minimum Gasteiger partial charge on any atom is -0.494 e. The molecule has 0 saturated heterocycles. The summed E-state index contributed by atoms with van der Waals surface area (Å²) in [6.45, 7) is 3.66. The molecule has 0 atom stereocenters. The van der Waals surface area contributed by atoms with Crippen LogP contribution in [-0.4, -0.2) is 32.6 Å². The first kappa shape index (κ1) is 24.1. The number of ether oxygens (including phenoxy) is 3. The zero-order valence-electron chi connectivity index (χ0n) is 18.8. The molecule has 172 valence electrons. The third-order valence-electron chi connectivity index (χ3n) is 4.85. The lowest BCUT2D eigenvalue weighted by Gasteiger charge is -2.17. The smallest absolute Gasteiger partial charge is 0.262 e. The van der Waals surface area contributed by atoms with Crippen molar-refractivity contribution >= 4 is 39.1 Å². The Balaban J connectivity index is 1.75. The van der Waals surface area contributed by atoms with Crippen LogP contribution in [0, 0.1) is 13.8 Å². The minimum absolute atomic E-state index is 0.179. The lowest BCUT2D eigenvalue weighted by atomic mass is 10.1. The zero-order valence-corrected chi connectivity index (χ0v) is 20.4.